The number of ether oxygens (including phenoxy) is 1. The molecule has 1 aliphatic carbocycles. The van der Waals surface area contributed by atoms with Gasteiger partial charge in [-0.1, -0.05) is 6.08 Å². The fourth-order valence-electron chi connectivity index (χ4n) is 2.65. The van der Waals surface area contributed by atoms with Crippen molar-refractivity contribution >= 4 is 17.8 Å². The normalized spacial score (nSPS) is 21.7. The zero-order valence-electron chi connectivity index (χ0n) is 14.9. The van der Waals surface area contributed by atoms with E-state index in [-0.39, 0.29) is 30.9 Å². The molecular formula is C18H23N3O6. The summed E-state index contributed by atoms with van der Waals surface area (Å²) in [5.41, 5.74) is 0.550. The summed E-state index contributed by atoms with van der Waals surface area (Å²) in [5, 5.41) is 25.4. The molecule has 0 aromatic carbocycles. The van der Waals surface area contributed by atoms with Crippen LogP contribution >= 0.6 is 0 Å². The van der Waals surface area contributed by atoms with Crippen LogP contribution in [0.4, 0.5) is 0 Å². The Hall–Kier alpha value is -2.78. The fourth-order valence-corrected chi connectivity index (χ4v) is 2.65. The Morgan fingerprint density at radius 2 is 2.07 bits per heavy atom. The van der Waals surface area contributed by atoms with Gasteiger partial charge in [0.05, 0.1) is 24.8 Å². The van der Waals surface area contributed by atoms with Crippen LogP contribution in [0.5, 0.6) is 0 Å². The summed E-state index contributed by atoms with van der Waals surface area (Å²) in [6, 6.07) is 2.24. The fraction of sp³-hybridized carbons (Fsp3) is 0.444. The summed E-state index contributed by atoms with van der Waals surface area (Å²) in [5.74, 6) is -1.26. The van der Waals surface area contributed by atoms with Crippen LogP contribution in [0.15, 0.2) is 36.2 Å². The van der Waals surface area contributed by atoms with Gasteiger partial charge >= 0.3 is 5.97 Å². The molecule has 1 heterocycles. The number of hydrogen-bond acceptors (Lipinski definition) is 7. The van der Waals surface area contributed by atoms with Gasteiger partial charge in [-0.15, -0.1) is 0 Å². The van der Waals surface area contributed by atoms with Gasteiger partial charge in [0.25, 0.3) is 5.91 Å². The third-order valence-corrected chi connectivity index (χ3v) is 4.16. The molecule has 0 aliphatic heterocycles. The summed E-state index contributed by atoms with van der Waals surface area (Å²) < 4.78 is 4.52. The minimum Gasteiger partial charge on any atom is -0.469 e. The van der Waals surface area contributed by atoms with Crippen molar-refractivity contribution < 1.29 is 29.3 Å². The Morgan fingerprint density at radius 1 is 1.30 bits per heavy atom. The van der Waals surface area contributed by atoms with Crippen LogP contribution < -0.4 is 10.6 Å². The highest BCUT2D eigenvalue weighted by Crippen LogP contribution is 2.20. The minimum atomic E-state index is -1.23. The van der Waals surface area contributed by atoms with Gasteiger partial charge in [0, 0.05) is 37.4 Å². The van der Waals surface area contributed by atoms with Gasteiger partial charge in [0.1, 0.15) is 6.10 Å². The Kier molecular flexibility index (Phi) is 7.44. The van der Waals surface area contributed by atoms with Crippen LogP contribution in [-0.4, -0.2) is 64.9 Å². The van der Waals surface area contributed by atoms with Gasteiger partial charge in [-0.25, -0.2) is 0 Å². The molecule has 1 aliphatic rings. The number of rotatable bonds is 7. The summed E-state index contributed by atoms with van der Waals surface area (Å²) >= 11 is 0. The number of aliphatic hydroxyl groups excluding tert-OH is 2. The first-order valence-electron chi connectivity index (χ1n) is 8.55. The largest absolute Gasteiger partial charge is 0.469 e. The molecule has 9 nitrogen and oxygen atoms in total. The molecule has 0 saturated carbocycles. The first-order chi connectivity index (χ1) is 12.9. The quantitative estimate of drug-likeness (QED) is 0.364. The van der Waals surface area contributed by atoms with Crippen molar-refractivity contribution in [3.8, 4) is 0 Å². The van der Waals surface area contributed by atoms with Crippen molar-refractivity contribution in [2.45, 2.75) is 37.5 Å². The van der Waals surface area contributed by atoms with Crippen LogP contribution in [0.1, 0.15) is 29.6 Å². The lowest BCUT2D eigenvalue weighted by Gasteiger charge is -2.31. The average molecular weight is 377 g/mol. The van der Waals surface area contributed by atoms with Crippen molar-refractivity contribution in [2.75, 3.05) is 13.7 Å². The molecule has 9 heteroatoms. The minimum absolute atomic E-state index is 0.0384. The van der Waals surface area contributed by atoms with E-state index < -0.39 is 30.1 Å². The number of nitrogens with zero attached hydrogens (tertiary/aromatic N) is 1. The van der Waals surface area contributed by atoms with Crippen LogP contribution in [-0.2, 0) is 14.3 Å². The van der Waals surface area contributed by atoms with Gasteiger partial charge in [0.15, 0.2) is 0 Å². The molecule has 0 radical (unpaired) electrons. The van der Waals surface area contributed by atoms with E-state index in [0.717, 1.165) is 0 Å². The number of pyridine rings is 1. The molecule has 1 aromatic heterocycles. The van der Waals surface area contributed by atoms with Gasteiger partial charge in [-0.3, -0.25) is 19.4 Å². The molecule has 2 rings (SSSR count). The monoisotopic (exact) mass is 377 g/mol. The molecule has 146 valence electrons. The molecule has 0 unspecified atom stereocenters. The van der Waals surface area contributed by atoms with Gasteiger partial charge in [0.2, 0.25) is 5.91 Å². The molecule has 3 atom stereocenters. The average Bonchev–Trinajstić information content (AvgIpc) is 2.68. The molecule has 2 amide bonds. The summed E-state index contributed by atoms with van der Waals surface area (Å²) in [6.07, 6.45) is 2.47. The third kappa shape index (κ3) is 5.87. The van der Waals surface area contributed by atoms with E-state index in [0.29, 0.717) is 12.0 Å². The maximum Gasteiger partial charge on any atom is 0.305 e. The first-order valence-corrected chi connectivity index (χ1v) is 8.55. The molecule has 4 N–H and O–H groups in total. The molecular weight excluding hydrogens is 354 g/mol. The maximum absolute atomic E-state index is 12.3. The van der Waals surface area contributed by atoms with Crippen molar-refractivity contribution in [1.82, 2.24) is 15.6 Å². The molecule has 1 aromatic rings. The standard InChI is InChI=1S/C18H23N3O6/c1-27-15(23)5-3-7-20-17(25)12-8-13(16(24)14(22)9-12)21-18(26)11-4-2-6-19-10-11/h2,4,6,8,10,13-14,16,22,24H,3,5,7,9H2,1H3,(H,20,25)(H,21,26)/t13-,14-,16-/m1/s1. The third-order valence-electron chi connectivity index (χ3n) is 4.16. The first kappa shape index (κ1) is 20.5. The Morgan fingerprint density at radius 3 is 2.74 bits per heavy atom. The number of amides is 2. The number of nitrogens with one attached hydrogen (secondary N) is 2. The number of esters is 1. The number of carbonyl (C=O) groups is 3. The van der Waals surface area contributed by atoms with E-state index in [1.807, 2.05) is 0 Å². The number of aliphatic hydroxyl groups is 2. The molecule has 0 spiro atoms. The van der Waals surface area contributed by atoms with Gasteiger partial charge in [-0.05, 0) is 18.6 Å². The maximum atomic E-state index is 12.3. The molecule has 0 bridgehead atoms. The van der Waals surface area contributed by atoms with Crippen LogP contribution in [0.25, 0.3) is 0 Å². The lowest BCUT2D eigenvalue weighted by atomic mass is 9.90. The second-order valence-electron chi connectivity index (χ2n) is 6.13. The lowest BCUT2D eigenvalue weighted by Crippen LogP contribution is -2.51. The van der Waals surface area contributed by atoms with E-state index in [1.165, 1.54) is 25.6 Å². The smallest absolute Gasteiger partial charge is 0.305 e. The molecule has 0 saturated heterocycles. The van der Waals surface area contributed by atoms with E-state index in [4.69, 9.17) is 0 Å². The van der Waals surface area contributed by atoms with E-state index >= 15 is 0 Å². The van der Waals surface area contributed by atoms with Crippen molar-refractivity contribution in [1.29, 1.82) is 0 Å². The Balaban J connectivity index is 1.97. The zero-order valence-corrected chi connectivity index (χ0v) is 14.9. The highest BCUT2D eigenvalue weighted by atomic mass is 16.5. The number of aromatic nitrogens is 1. The molecule has 0 fully saturated rings. The predicted molar refractivity (Wildman–Crippen MR) is 94.5 cm³/mol. The zero-order chi connectivity index (χ0) is 19.8. The Bertz CT molecular complexity index is 706. The topological polar surface area (TPSA) is 138 Å². The summed E-state index contributed by atoms with van der Waals surface area (Å²) in [7, 11) is 1.29. The van der Waals surface area contributed by atoms with E-state index in [9.17, 15) is 24.6 Å². The van der Waals surface area contributed by atoms with Crippen LogP contribution in [0.2, 0.25) is 0 Å². The molecule has 27 heavy (non-hydrogen) atoms. The number of methoxy groups -OCH3 is 1. The number of hydrogen-bond donors (Lipinski definition) is 4. The van der Waals surface area contributed by atoms with E-state index in [2.05, 4.69) is 20.4 Å². The van der Waals surface area contributed by atoms with Crippen molar-refractivity contribution in [3.63, 3.8) is 0 Å². The van der Waals surface area contributed by atoms with Crippen LogP contribution in [0.3, 0.4) is 0 Å². The SMILES string of the molecule is COC(=O)CCCNC(=O)C1=C[C@@H](NC(=O)c2cccnc2)[C@@H](O)[C@H](O)C1. The van der Waals surface area contributed by atoms with Crippen LogP contribution in [0, 0.1) is 0 Å². The van der Waals surface area contributed by atoms with E-state index in [1.54, 1.807) is 12.1 Å². The number of carbonyl (C=O) groups excluding carboxylic acids is 3. The van der Waals surface area contributed by atoms with Gasteiger partial charge in [-0.2, -0.15) is 0 Å². The highest BCUT2D eigenvalue weighted by molar-refractivity contribution is 5.95. The second kappa shape index (κ2) is 9.79. The Labute approximate surface area is 156 Å². The highest BCUT2D eigenvalue weighted by Gasteiger charge is 2.33. The summed E-state index contributed by atoms with van der Waals surface area (Å²) in [4.78, 5) is 39.4. The van der Waals surface area contributed by atoms with Crippen molar-refractivity contribution in [3.05, 3.63) is 41.7 Å². The predicted octanol–water partition coefficient (Wildman–Crippen LogP) is -0.699. The van der Waals surface area contributed by atoms with Gasteiger partial charge < -0.3 is 25.6 Å². The summed E-state index contributed by atoms with van der Waals surface area (Å²) in [6.45, 7) is 0.261. The lowest BCUT2D eigenvalue weighted by molar-refractivity contribution is -0.140. The second-order valence-corrected chi connectivity index (χ2v) is 6.13. The van der Waals surface area contributed by atoms with Crippen molar-refractivity contribution in [2.24, 2.45) is 0 Å².